The number of ether oxygens (including phenoxy) is 1. The van der Waals surface area contributed by atoms with E-state index >= 15 is 0 Å². The van der Waals surface area contributed by atoms with Crippen molar-refractivity contribution in [3.63, 3.8) is 0 Å². The molecule has 0 aromatic rings. The van der Waals surface area contributed by atoms with E-state index in [1.165, 1.54) is 25.7 Å². The number of methoxy groups -OCH3 is 1. The molecule has 124 valence electrons. The summed E-state index contributed by atoms with van der Waals surface area (Å²) in [5.41, 5.74) is -0.161. The van der Waals surface area contributed by atoms with Crippen LogP contribution in [0, 0.1) is 10.8 Å². The van der Waals surface area contributed by atoms with Gasteiger partial charge in [-0.05, 0) is 37.8 Å². The smallest absolute Gasteiger partial charge is 0.228 e. The summed E-state index contributed by atoms with van der Waals surface area (Å²) in [6, 6.07) is 0. The Morgan fingerprint density at radius 2 is 1.95 bits per heavy atom. The van der Waals surface area contributed by atoms with Gasteiger partial charge in [0, 0.05) is 13.7 Å². The Kier molecular flexibility index (Phi) is 7.67. The Balaban J connectivity index is 2.49. The van der Waals surface area contributed by atoms with Gasteiger partial charge in [-0.2, -0.15) is 0 Å². The molecule has 4 nitrogen and oxygen atoms in total. The number of amides is 1. The fourth-order valence-corrected chi connectivity index (χ4v) is 3.07. The molecule has 0 aromatic heterocycles. The van der Waals surface area contributed by atoms with E-state index in [0.717, 1.165) is 32.5 Å². The van der Waals surface area contributed by atoms with Crippen LogP contribution < -0.4 is 10.6 Å². The molecule has 1 saturated heterocycles. The molecule has 21 heavy (non-hydrogen) atoms. The lowest BCUT2D eigenvalue weighted by molar-refractivity contribution is -0.136. The standard InChI is InChI=1S/C17H34N2O2/c1-5-6-7-8-16(2,3)13-19-15(20)17(14-21-4)9-11-18-12-10-17/h18H,5-14H2,1-4H3,(H,19,20). The molecule has 0 atom stereocenters. The first kappa shape index (κ1) is 18.4. The summed E-state index contributed by atoms with van der Waals surface area (Å²) in [7, 11) is 1.69. The van der Waals surface area contributed by atoms with Gasteiger partial charge in [-0.1, -0.05) is 40.0 Å². The molecular weight excluding hydrogens is 264 g/mol. The van der Waals surface area contributed by atoms with E-state index in [1.54, 1.807) is 7.11 Å². The summed E-state index contributed by atoms with van der Waals surface area (Å²) in [4.78, 5) is 12.7. The predicted octanol–water partition coefficient (Wildman–Crippen LogP) is 2.73. The van der Waals surface area contributed by atoms with Gasteiger partial charge in [-0.3, -0.25) is 4.79 Å². The molecule has 0 spiro atoms. The van der Waals surface area contributed by atoms with E-state index < -0.39 is 0 Å². The third-order valence-electron chi connectivity index (χ3n) is 4.65. The van der Waals surface area contributed by atoms with E-state index in [0.29, 0.717) is 6.61 Å². The number of hydrogen-bond acceptors (Lipinski definition) is 3. The van der Waals surface area contributed by atoms with Gasteiger partial charge in [-0.15, -0.1) is 0 Å². The van der Waals surface area contributed by atoms with Gasteiger partial charge in [0.1, 0.15) is 0 Å². The number of carbonyl (C=O) groups excluding carboxylic acids is 1. The first-order chi connectivity index (χ1) is 9.96. The molecule has 1 amide bonds. The molecule has 1 aliphatic heterocycles. The van der Waals surface area contributed by atoms with Crippen molar-refractivity contribution >= 4 is 5.91 Å². The molecule has 1 rings (SSSR count). The number of piperidine rings is 1. The normalized spacial score (nSPS) is 18.5. The fourth-order valence-electron chi connectivity index (χ4n) is 3.07. The summed E-state index contributed by atoms with van der Waals surface area (Å²) in [5.74, 6) is 0.175. The van der Waals surface area contributed by atoms with Gasteiger partial charge in [0.15, 0.2) is 0 Å². The maximum absolute atomic E-state index is 12.7. The Morgan fingerprint density at radius 3 is 2.52 bits per heavy atom. The Labute approximate surface area is 130 Å². The van der Waals surface area contributed by atoms with Crippen LogP contribution in [-0.4, -0.2) is 39.3 Å². The van der Waals surface area contributed by atoms with E-state index in [2.05, 4.69) is 31.4 Å². The van der Waals surface area contributed by atoms with Crippen LogP contribution in [0.25, 0.3) is 0 Å². The predicted molar refractivity (Wildman–Crippen MR) is 87.3 cm³/mol. The van der Waals surface area contributed by atoms with Crippen molar-refractivity contribution in [1.82, 2.24) is 10.6 Å². The summed E-state index contributed by atoms with van der Waals surface area (Å²) in [6.45, 7) is 9.79. The second-order valence-electron chi connectivity index (χ2n) is 7.27. The summed E-state index contributed by atoms with van der Waals surface area (Å²) < 4.78 is 5.33. The van der Waals surface area contributed by atoms with Crippen LogP contribution >= 0.6 is 0 Å². The third kappa shape index (κ3) is 5.95. The number of carbonyl (C=O) groups is 1. The van der Waals surface area contributed by atoms with Gasteiger partial charge < -0.3 is 15.4 Å². The molecule has 1 fully saturated rings. The van der Waals surface area contributed by atoms with Gasteiger partial charge in [0.2, 0.25) is 5.91 Å². The van der Waals surface area contributed by atoms with Crippen molar-refractivity contribution in [3.8, 4) is 0 Å². The lowest BCUT2D eigenvalue weighted by Gasteiger charge is -2.36. The van der Waals surface area contributed by atoms with Crippen LogP contribution in [0.4, 0.5) is 0 Å². The van der Waals surface area contributed by atoms with Gasteiger partial charge in [0.25, 0.3) is 0 Å². The van der Waals surface area contributed by atoms with E-state index in [9.17, 15) is 4.79 Å². The minimum absolute atomic E-state index is 0.173. The highest BCUT2D eigenvalue weighted by Crippen LogP contribution is 2.30. The summed E-state index contributed by atoms with van der Waals surface area (Å²) >= 11 is 0. The molecular formula is C17H34N2O2. The molecule has 1 heterocycles. The molecule has 0 saturated carbocycles. The molecule has 0 aliphatic carbocycles. The molecule has 4 heteroatoms. The molecule has 0 unspecified atom stereocenters. The van der Waals surface area contributed by atoms with Crippen molar-refractivity contribution in [3.05, 3.63) is 0 Å². The second kappa shape index (κ2) is 8.74. The zero-order valence-corrected chi connectivity index (χ0v) is 14.4. The van der Waals surface area contributed by atoms with Crippen LogP contribution in [0.2, 0.25) is 0 Å². The van der Waals surface area contributed by atoms with Crippen LogP contribution in [-0.2, 0) is 9.53 Å². The summed E-state index contributed by atoms with van der Waals surface area (Å²) in [6.07, 6.45) is 6.65. The number of rotatable bonds is 9. The Hall–Kier alpha value is -0.610. The first-order valence-electron chi connectivity index (χ1n) is 8.44. The monoisotopic (exact) mass is 298 g/mol. The van der Waals surface area contributed by atoms with Gasteiger partial charge in [0.05, 0.1) is 12.0 Å². The minimum atomic E-state index is -0.334. The molecule has 2 N–H and O–H groups in total. The Morgan fingerprint density at radius 1 is 1.29 bits per heavy atom. The number of hydrogen-bond donors (Lipinski definition) is 2. The zero-order chi connectivity index (χ0) is 15.8. The largest absolute Gasteiger partial charge is 0.384 e. The van der Waals surface area contributed by atoms with E-state index in [-0.39, 0.29) is 16.7 Å². The number of unbranched alkanes of at least 4 members (excludes halogenated alkanes) is 2. The minimum Gasteiger partial charge on any atom is -0.384 e. The lowest BCUT2D eigenvalue weighted by Crippen LogP contribution is -2.51. The van der Waals surface area contributed by atoms with Gasteiger partial charge >= 0.3 is 0 Å². The van der Waals surface area contributed by atoms with Crippen LogP contribution in [0.3, 0.4) is 0 Å². The van der Waals surface area contributed by atoms with E-state index in [1.807, 2.05) is 0 Å². The van der Waals surface area contributed by atoms with Crippen LogP contribution in [0.5, 0.6) is 0 Å². The highest BCUT2D eigenvalue weighted by Gasteiger charge is 2.39. The maximum atomic E-state index is 12.7. The van der Waals surface area contributed by atoms with Crippen molar-refractivity contribution in [2.75, 3.05) is 33.4 Å². The topological polar surface area (TPSA) is 50.4 Å². The zero-order valence-electron chi connectivity index (χ0n) is 14.4. The fraction of sp³-hybridized carbons (Fsp3) is 0.941. The number of nitrogens with one attached hydrogen (secondary N) is 2. The highest BCUT2D eigenvalue weighted by molar-refractivity contribution is 5.83. The molecule has 0 aromatic carbocycles. The van der Waals surface area contributed by atoms with Crippen molar-refractivity contribution < 1.29 is 9.53 Å². The van der Waals surface area contributed by atoms with Crippen molar-refractivity contribution in [1.29, 1.82) is 0 Å². The van der Waals surface area contributed by atoms with Crippen molar-refractivity contribution in [2.45, 2.75) is 59.3 Å². The average Bonchev–Trinajstić information content (AvgIpc) is 2.46. The van der Waals surface area contributed by atoms with E-state index in [4.69, 9.17) is 4.74 Å². The SMILES string of the molecule is CCCCCC(C)(C)CNC(=O)C1(COC)CCNCC1. The lowest BCUT2D eigenvalue weighted by atomic mass is 9.78. The summed E-state index contributed by atoms with van der Waals surface area (Å²) in [5, 5.41) is 6.52. The molecule has 1 aliphatic rings. The highest BCUT2D eigenvalue weighted by atomic mass is 16.5. The Bertz CT molecular complexity index is 304. The molecule has 0 radical (unpaired) electrons. The van der Waals surface area contributed by atoms with Crippen molar-refractivity contribution in [2.24, 2.45) is 10.8 Å². The first-order valence-corrected chi connectivity index (χ1v) is 8.44. The van der Waals surface area contributed by atoms with Gasteiger partial charge in [-0.25, -0.2) is 0 Å². The maximum Gasteiger partial charge on any atom is 0.228 e. The van der Waals surface area contributed by atoms with Crippen LogP contribution in [0.1, 0.15) is 59.3 Å². The quantitative estimate of drug-likeness (QED) is 0.644. The van der Waals surface area contributed by atoms with Crippen LogP contribution in [0.15, 0.2) is 0 Å². The molecule has 0 bridgehead atoms. The average molecular weight is 298 g/mol. The third-order valence-corrected chi connectivity index (χ3v) is 4.65. The second-order valence-corrected chi connectivity index (χ2v) is 7.27.